The smallest absolute Gasteiger partial charge is 0.246 e. The molecule has 1 aromatic heterocycles. The molecule has 1 heterocycles. The third kappa shape index (κ3) is 3.63. The van der Waals surface area contributed by atoms with Crippen LogP contribution in [0.3, 0.4) is 0 Å². The van der Waals surface area contributed by atoms with E-state index in [0.29, 0.717) is 12.8 Å². The highest BCUT2D eigenvalue weighted by Gasteiger charge is 2.40. The van der Waals surface area contributed by atoms with Gasteiger partial charge in [-0.2, -0.15) is 5.10 Å². The van der Waals surface area contributed by atoms with Gasteiger partial charge in [0, 0.05) is 12.8 Å². The van der Waals surface area contributed by atoms with Crippen LogP contribution in [0.2, 0.25) is 0 Å². The van der Waals surface area contributed by atoms with E-state index in [9.17, 15) is 4.79 Å². The summed E-state index contributed by atoms with van der Waals surface area (Å²) in [4.78, 5) is 16.5. The first kappa shape index (κ1) is 17.7. The van der Waals surface area contributed by atoms with Crippen LogP contribution < -0.4 is 5.73 Å². The van der Waals surface area contributed by atoms with Crippen LogP contribution in [0.15, 0.2) is 73.3 Å². The first-order valence-corrected chi connectivity index (χ1v) is 7.43. The molecule has 0 fully saturated rings. The number of rotatable bonds is 6. The molecule has 0 spiro atoms. The standard InChI is InChI=1S/C18H18N4O.ClH/c19-17(23)18(22-14-20-13-21-22,11-15-7-3-1-4-8-15)12-16-9-5-2-6-10-16;/h1-10,13-14H,11-12H2,(H2,19,23);1H. The van der Waals surface area contributed by atoms with Crippen molar-refractivity contribution >= 4 is 18.3 Å². The summed E-state index contributed by atoms with van der Waals surface area (Å²) in [6.07, 6.45) is 3.90. The number of primary amides is 1. The van der Waals surface area contributed by atoms with Crippen molar-refractivity contribution in [3.63, 3.8) is 0 Å². The SMILES string of the molecule is Cl.NC(=O)C(Cc1ccccc1)(Cc1ccccc1)n1cncn1. The Labute approximate surface area is 146 Å². The lowest BCUT2D eigenvalue weighted by Gasteiger charge is -2.31. The van der Waals surface area contributed by atoms with Gasteiger partial charge in [0.15, 0.2) is 5.54 Å². The van der Waals surface area contributed by atoms with Gasteiger partial charge >= 0.3 is 0 Å². The molecule has 2 aromatic carbocycles. The Morgan fingerprint density at radius 1 is 0.958 bits per heavy atom. The average molecular weight is 343 g/mol. The van der Waals surface area contributed by atoms with Crippen LogP contribution in [-0.4, -0.2) is 20.7 Å². The number of benzene rings is 2. The van der Waals surface area contributed by atoms with E-state index < -0.39 is 11.4 Å². The summed E-state index contributed by atoms with van der Waals surface area (Å²) in [5.41, 5.74) is 6.90. The highest BCUT2D eigenvalue weighted by molar-refractivity contribution is 5.85. The largest absolute Gasteiger partial charge is 0.368 e. The van der Waals surface area contributed by atoms with Crippen molar-refractivity contribution in [2.24, 2.45) is 5.73 Å². The van der Waals surface area contributed by atoms with E-state index in [1.165, 1.54) is 6.33 Å². The first-order valence-electron chi connectivity index (χ1n) is 7.43. The summed E-state index contributed by atoms with van der Waals surface area (Å²) < 4.78 is 1.58. The van der Waals surface area contributed by atoms with E-state index in [0.717, 1.165) is 11.1 Å². The monoisotopic (exact) mass is 342 g/mol. The van der Waals surface area contributed by atoms with Crippen LogP contribution in [0.25, 0.3) is 0 Å². The number of carbonyl (C=O) groups excluding carboxylic acids is 1. The molecule has 0 unspecified atom stereocenters. The van der Waals surface area contributed by atoms with E-state index >= 15 is 0 Å². The molecule has 5 nitrogen and oxygen atoms in total. The molecule has 0 aliphatic rings. The van der Waals surface area contributed by atoms with Gasteiger partial charge in [0.2, 0.25) is 5.91 Å². The molecular weight excluding hydrogens is 324 g/mol. The minimum absolute atomic E-state index is 0. The first-order chi connectivity index (χ1) is 11.2. The molecule has 124 valence electrons. The van der Waals surface area contributed by atoms with Crippen molar-refractivity contribution in [1.29, 1.82) is 0 Å². The van der Waals surface area contributed by atoms with E-state index in [1.54, 1.807) is 11.0 Å². The number of amides is 1. The minimum atomic E-state index is -0.987. The molecular formula is C18H19ClN4O. The predicted molar refractivity (Wildman–Crippen MR) is 94.7 cm³/mol. The lowest BCUT2D eigenvalue weighted by Crippen LogP contribution is -2.50. The highest BCUT2D eigenvalue weighted by Crippen LogP contribution is 2.26. The van der Waals surface area contributed by atoms with Crippen molar-refractivity contribution in [3.8, 4) is 0 Å². The fourth-order valence-electron chi connectivity index (χ4n) is 2.81. The zero-order valence-corrected chi connectivity index (χ0v) is 13.9. The number of aromatic nitrogens is 3. The third-order valence-corrected chi connectivity index (χ3v) is 3.99. The van der Waals surface area contributed by atoms with Crippen molar-refractivity contribution in [2.45, 2.75) is 18.4 Å². The minimum Gasteiger partial charge on any atom is -0.368 e. The van der Waals surface area contributed by atoms with Crippen molar-refractivity contribution in [1.82, 2.24) is 14.8 Å². The number of hydrogen-bond donors (Lipinski definition) is 1. The lowest BCUT2D eigenvalue weighted by molar-refractivity contribution is -0.127. The zero-order chi connectivity index (χ0) is 16.1. The normalized spacial score (nSPS) is 10.8. The second kappa shape index (κ2) is 7.75. The molecule has 0 saturated carbocycles. The summed E-state index contributed by atoms with van der Waals surface area (Å²) in [6.45, 7) is 0. The van der Waals surface area contributed by atoms with Crippen molar-refractivity contribution < 1.29 is 4.79 Å². The van der Waals surface area contributed by atoms with Gasteiger partial charge < -0.3 is 5.73 Å². The molecule has 0 radical (unpaired) electrons. The fraction of sp³-hybridized carbons (Fsp3) is 0.167. The van der Waals surface area contributed by atoms with E-state index in [4.69, 9.17) is 5.73 Å². The number of nitrogens with two attached hydrogens (primary N) is 1. The summed E-state index contributed by atoms with van der Waals surface area (Å²) in [5, 5.41) is 4.21. The maximum absolute atomic E-state index is 12.5. The van der Waals surface area contributed by atoms with Crippen LogP contribution in [0.4, 0.5) is 0 Å². The van der Waals surface area contributed by atoms with Gasteiger partial charge in [0.1, 0.15) is 12.7 Å². The second-order valence-electron chi connectivity index (χ2n) is 5.56. The Morgan fingerprint density at radius 3 is 1.83 bits per heavy atom. The van der Waals surface area contributed by atoms with Crippen molar-refractivity contribution in [2.75, 3.05) is 0 Å². The molecule has 0 saturated heterocycles. The number of nitrogens with zero attached hydrogens (tertiary/aromatic N) is 3. The molecule has 1 amide bonds. The topological polar surface area (TPSA) is 73.8 Å². The second-order valence-corrected chi connectivity index (χ2v) is 5.56. The molecule has 0 aliphatic carbocycles. The Balaban J connectivity index is 0.00000208. The molecule has 0 bridgehead atoms. The molecule has 2 N–H and O–H groups in total. The maximum atomic E-state index is 12.5. The maximum Gasteiger partial charge on any atom is 0.246 e. The number of halogens is 1. The fourth-order valence-corrected chi connectivity index (χ4v) is 2.81. The van der Waals surface area contributed by atoms with Crippen LogP contribution in [-0.2, 0) is 23.2 Å². The van der Waals surface area contributed by atoms with Crippen molar-refractivity contribution in [3.05, 3.63) is 84.4 Å². The summed E-state index contributed by atoms with van der Waals surface area (Å²) >= 11 is 0. The molecule has 0 atom stereocenters. The Morgan fingerprint density at radius 2 is 1.46 bits per heavy atom. The van der Waals surface area contributed by atoms with Gasteiger partial charge in [-0.3, -0.25) is 4.79 Å². The molecule has 3 aromatic rings. The predicted octanol–water partition coefficient (Wildman–Crippen LogP) is 2.37. The van der Waals surface area contributed by atoms with E-state index in [-0.39, 0.29) is 12.4 Å². The zero-order valence-electron chi connectivity index (χ0n) is 13.1. The van der Waals surface area contributed by atoms with E-state index in [1.807, 2.05) is 60.7 Å². The summed E-state index contributed by atoms with van der Waals surface area (Å²) in [6, 6.07) is 19.6. The van der Waals surface area contributed by atoms with Crippen LogP contribution in [0, 0.1) is 0 Å². The Bertz CT molecular complexity index is 719. The molecule has 24 heavy (non-hydrogen) atoms. The van der Waals surface area contributed by atoms with Gasteiger partial charge in [-0.25, -0.2) is 9.67 Å². The third-order valence-electron chi connectivity index (χ3n) is 3.99. The van der Waals surface area contributed by atoms with Gasteiger partial charge in [-0.05, 0) is 11.1 Å². The molecule has 3 rings (SSSR count). The van der Waals surface area contributed by atoms with Gasteiger partial charge in [-0.15, -0.1) is 12.4 Å². The molecule has 6 heteroatoms. The van der Waals surface area contributed by atoms with Crippen LogP contribution in [0.1, 0.15) is 11.1 Å². The Hall–Kier alpha value is -2.66. The van der Waals surface area contributed by atoms with Gasteiger partial charge in [0.05, 0.1) is 0 Å². The summed E-state index contributed by atoms with van der Waals surface area (Å²) in [5.74, 6) is -0.421. The van der Waals surface area contributed by atoms with Crippen LogP contribution in [0.5, 0.6) is 0 Å². The quantitative estimate of drug-likeness (QED) is 0.747. The number of hydrogen-bond acceptors (Lipinski definition) is 3. The van der Waals surface area contributed by atoms with E-state index in [2.05, 4.69) is 10.1 Å². The van der Waals surface area contributed by atoms with Crippen LogP contribution >= 0.6 is 12.4 Å². The van der Waals surface area contributed by atoms with Gasteiger partial charge in [-0.1, -0.05) is 60.7 Å². The highest BCUT2D eigenvalue weighted by atomic mass is 35.5. The lowest BCUT2D eigenvalue weighted by atomic mass is 9.84. The average Bonchev–Trinajstić information content (AvgIpc) is 3.11. The Kier molecular flexibility index (Phi) is 5.71. The summed E-state index contributed by atoms with van der Waals surface area (Å²) in [7, 11) is 0. The molecule has 0 aliphatic heterocycles. The van der Waals surface area contributed by atoms with Gasteiger partial charge in [0.25, 0.3) is 0 Å². The number of carbonyl (C=O) groups is 1.